The maximum atomic E-state index is 11.2. The lowest BCUT2D eigenvalue weighted by atomic mass is 10.0. The number of carbonyl (C=O) groups is 1. The molecule has 0 aliphatic rings. The fourth-order valence-corrected chi connectivity index (χ4v) is 0.940. The monoisotopic (exact) mass is 158 g/mol. The summed E-state index contributed by atoms with van der Waals surface area (Å²) in [5.41, 5.74) is 5.63. The summed E-state index contributed by atoms with van der Waals surface area (Å²) < 4.78 is 0. The van der Waals surface area contributed by atoms with Crippen LogP contribution in [0.1, 0.15) is 20.3 Å². The third-order valence-electron chi connectivity index (χ3n) is 1.48. The highest BCUT2D eigenvalue weighted by Gasteiger charge is 2.15. The molecule has 0 fully saturated rings. The van der Waals surface area contributed by atoms with E-state index in [9.17, 15) is 4.79 Å². The van der Waals surface area contributed by atoms with Gasteiger partial charge >= 0.3 is 0 Å². The van der Waals surface area contributed by atoms with Crippen molar-refractivity contribution in [3.8, 4) is 0 Å². The Hall–Kier alpha value is -0.570. The number of hydrogen-bond acceptors (Lipinski definition) is 2. The van der Waals surface area contributed by atoms with Crippen LogP contribution in [0.15, 0.2) is 0 Å². The van der Waals surface area contributed by atoms with E-state index in [4.69, 9.17) is 5.73 Å². The van der Waals surface area contributed by atoms with Crippen LogP contribution in [-0.2, 0) is 4.79 Å². The van der Waals surface area contributed by atoms with Crippen LogP contribution in [-0.4, -0.2) is 30.9 Å². The Kier molecular flexibility index (Phi) is 4.11. The molecule has 0 aromatic heterocycles. The maximum absolute atomic E-state index is 11.2. The van der Waals surface area contributed by atoms with Crippen LogP contribution < -0.4 is 5.73 Å². The molecule has 3 nitrogen and oxygen atoms in total. The summed E-state index contributed by atoms with van der Waals surface area (Å²) in [4.78, 5) is 12.7. The van der Waals surface area contributed by atoms with Gasteiger partial charge in [0.15, 0.2) is 0 Å². The second kappa shape index (κ2) is 4.34. The minimum atomic E-state index is -0.329. The summed E-state index contributed by atoms with van der Waals surface area (Å²) in [5, 5.41) is 0. The molecule has 0 aromatic carbocycles. The zero-order valence-corrected chi connectivity index (χ0v) is 7.79. The summed E-state index contributed by atoms with van der Waals surface area (Å²) in [6.45, 7) is 4.12. The van der Waals surface area contributed by atoms with Crippen molar-refractivity contribution in [1.82, 2.24) is 4.90 Å². The zero-order chi connectivity index (χ0) is 9.02. The minimum absolute atomic E-state index is 0.0127. The molecule has 1 amide bonds. The van der Waals surface area contributed by atoms with Gasteiger partial charge in [-0.15, -0.1) is 0 Å². The Balaban J connectivity index is 3.83. The number of hydrogen-bond donors (Lipinski definition) is 1. The van der Waals surface area contributed by atoms with Crippen LogP contribution in [0, 0.1) is 5.92 Å². The highest BCUT2D eigenvalue weighted by Crippen LogP contribution is 2.03. The Labute approximate surface area is 68.6 Å². The van der Waals surface area contributed by atoms with Gasteiger partial charge in [-0.1, -0.05) is 13.8 Å². The van der Waals surface area contributed by atoms with Gasteiger partial charge in [-0.3, -0.25) is 4.79 Å². The smallest absolute Gasteiger partial charge is 0.238 e. The van der Waals surface area contributed by atoms with Crippen molar-refractivity contribution in [1.29, 1.82) is 0 Å². The third-order valence-corrected chi connectivity index (χ3v) is 1.48. The van der Waals surface area contributed by atoms with E-state index in [2.05, 4.69) is 13.8 Å². The fourth-order valence-electron chi connectivity index (χ4n) is 0.940. The van der Waals surface area contributed by atoms with Crippen molar-refractivity contribution >= 4 is 5.91 Å². The second-order valence-corrected chi connectivity index (χ2v) is 3.47. The third kappa shape index (κ3) is 3.98. The SMILES string of the molecule is CC(C)CC(N)C(=O)N(C)C. The van der Waals surface area contributed by atoms with Gasteiger partial charge in [-0.2, -0.15) is 0 Å². The van der Waals surface area contributed by atoms with E-state index in [1.807, 2.05) is 0 Å². The maximum Gasteiger partial charge on any atom is 0.238 e. The molecule has 0 aliphatic carbocycles. The van der Waals surface area contributed by atoms with E-state index in [-0.39, 0.29) is 11.9 Å². The van der Waals surface area contributed by atoms with Crippen LogP contribution in [0.4, 0.5) is 0 Å². The quantitative estimate of drug-likeness (QED) is 0.648. The second-order valence-electron chi connectivity index (χ2n) is 3.47. The predicted octanol–water partition coefficient (Wildman–Crippen LogP) is 0.448. The average molecular weight is 158 g/mol. The first-order valence-corrected chi connectivity index (χ1v) is 3.92. The minimum Gasteiger partial charge on any atom is -0.347 e. The van der Waals surface area contributed by atoms with Crippen molar-refractivity contribution in [3.05, 3.63) is 0 Å². The Bertz CT molecular complexity index is 132. The van der Waals surface area contributed by atoms with Gasteiger partial charge in [0.25, 0.3) is 0 Å². The first-order valence-electron chi connectivity index (χ1n) is 3.92. The van der Waals surface area contributed by atoms with Crippen LogP contribution >= 0.6 is 0 Å². The van der Waals surface area contributed by atoms with Crippen LogP contribution in [0.25, 0.3) is 0 Å². The number of likely N-dealkylation sites (N-methyl/N-ethyl adjacent to an activating group) is 1. The van der Waals surface area contributed by atoms with E-state index >= 15 is 0 Å². The van der Waals surface area contributed by atoms with Crippen LogP contribution in [0.2, 0.25) is 0 Å². The lowest BCUT2D eigenvalue weighted by Gasteiger charge is -2.17. The molecule has 1 unspecified atom stereocenters. The van der Waals surface area contributed by atoms with E-state index < -0.39 is 0 Å². The molecule has 0 rings (SSSR count). The first-order chi connectivity index (χ1) is 4.95. The normalized spacial score (nSPS) is 13.3. The predicted molar refractivity (Wildman–Crippen MR) is 46.1 cm³/mol. The first kappa shape index (κ1) is 10.4. The number of nitrogens with zero attached hydrogens (tertiary/aromatic N) is 1. The molecule has 1 atom stereocenters. The zero-order valence-electron chi connectivity index (χ0n) is 7.79. The lowest BCUT2D eigenvalue weighted by Crippen LogP contribution is -2.40. The number of carbonyl (C=O) groups excluding carboxylic acids is 1. The Morgan fingerprint density at radius 2 is 1.91 bits per heavy atom. The van der Waals surface area contributed by atoms with Crippen LogP contribution in [0.5, 0.6) is 0 Å². The van der Waals surface area contributed by atoms with Crippen molar-refractivity contribution in [2.24, 2.45) is 11.7 Å². The van der Waals surface area contributed by atoms with Gasteiger partial charge in [0.05, 0.1) is 6.04 Å². The molecule has 0 aromatic rings. The molecule has 0 aliphatic heterocycles. The molecule has 0 radical (unpaired) electrons. The van der Waals surface area contributed by atoms with Crippen molar-refractivity contribution in [3.63, 3.8) is 0 Å². The highest BCUT2D eigenvalue weighted by molar-refractivity contribution is 5.81. The van der Waals surface area contributed by atoms with Gasteiger partial charge in [-0.05, 0) is 12.3 Å². The van der Waals surface area contributed by atoms with Gasteiger partial charge < -0.3 is 10.6 Å². The Morgan fingerprint density at radius 3 is 2.18 bits per heavy atom. The molecule has 66 valence electrons. The number of amides is 1. The number of rotatable bonds is 3. The molecule has 0 saturated heterocycles. The summed E-state index contributed by atoms with van der Waals surface area (Å²) in [7, 11) is 3.45. The molecule has 3 heteroatoms. The molecular weight excluding hydrogens is 140 g/mol. The van der Waals surface area contributed by atoms with Crippen LogP contribution in [0.3, 0.4) is 0 Å². The van der Waals surface area contributed by atoms with Gasteiger partial charge in [0.1, 0.15) is 0 Å². The molecular formula is C8H18N2O. The summed E-state index contributed by atoms with van der Waals surface area (Å²) in [6.07, 6.45) is 0.761. The fraction of sp³-hybridized carbons (Fsp3) is 0.875. The largest absolute Gasteiger partial charge is 0.347 e. The van der Waals surface area contributed by atoms with E-state index in [1.165, 1.54) is 4.90 Å². The lowest BCUT2D eigenvalue weighted by molar-refractivity contribution is -0.130. The van der Waals surface area contributed by atoms with Crippen molar-refractivity contribution in [2.75, 3.05) is 14.1 Å². The molecule has 11 heavy (non-hydrogen) atoms. The summed E-state index contributed by atoms with van der Waals surface area (Å²) in [5.74, 6) is 0.493. The number of nitrogens with two attached hydrogens (primary N) is 1. The average Bonchev–Trinajstić information content (AvgIpc) is 1.84. The Morgan fingerprint density at radius 1 is 1.45 bits per heavy atom. The topological polar surface area (TPSA) is 46.3 Å². The van der Waals surface area contributed by atoms with Crippen molar-refractivity contribution in [2.45, 2.75) is 26.3 Å². The summed E-state index contributed by atoms with van der Waals surface area (Å²) >= 11 is 0. The highest BCUT2D eigenvalue weighted by atomic mass is 16.2. The van der Waals surface area contributed by atoms with Gasteiger partial charge in [0.2, 0.25) is 5.91 Å². The summed E-state index contributed by atoms with van der Waals surface area (Å²) in [6, 6.07) is -0.329. The van der Waals surface area contributed by atoms with Gasteiger partial charge in [-0.25, -0.2) is 0 Å². The molecule has 0 saturated carbocycles. The molecule has 2 N–H and O–H groups in total. The molecule has 0 bridgehead atoms. The van der Waals surface area contributed by atoms with E-state index in [1.54, 1.807) is 14.1 Å². The van der Waals surface area contributed by atoms with E-state index in [0.717, 1.165) is 6.42 Å². The molecule has 0 heterocycles. The molecule has 0 spiro atoms. The van der Waals surface area contributed by atoms with Crippen molar-refractivity contribution < 1.29 is 4.79 Å². The van der Waals surface area contributed by atoms with E-state index in [0.29, 0.717) is 5.92 Å². The van der Waals surface area contributed by atoms with Gasteiger partial charge in [0, 0.05) is 14.1 Å². The standard InChI is InChI=1S/C8H18N2O/c1-6(2)5-7(9)8(11)10(3)4/h6-7H,5,9H2,1-4H3.